The molecular weight excluding hydrogens is 274 g/mol. The van der Waals surface area contributed by atoms with Gasteiger partial charge in [-0.05, 0) is 0 Å². The lowest BCUT2D eigenvalue weighted by Gasteiger charge is -2.12. The summed E-state index contributed by atoms with van der Waals surface area (Å²) >= 11 is 14.9. The molecule has 0 rings (SSSR count). The second-order valence-electron chi connectivity index (χ2n) is 2.11. The predicted octanol–water partition coefficient (Wildman–Crippen LogP) is 0.869. The van der Waals surface area contributed by atoms with E-state index in [-0.39, 0.29) is 13.0 Å². The summed E-state index contributed by atoms with van der Waals surface area (Å²) in [4.78, 5) is 19.5. The van der Waals surface area contributed by atoms with Crippen molar-refractivity contribution in [3.8, 4) is 0 Å². The number of halogens is 3. The molecule has 0 heterocycles. The largest absolute Gasteiger partial charge is 0.481 e. The van der Waals surface area contributed by atoms with Crippen molar-refractivity contribution in [3.05, 3.63) is 0 Å². The van der Waals surface area contributed by atoms with E-state index in [4.69, 9.17) is 50.4 Å². The summed E-state index contributed by atoms with van der Waals surface area (Å²) in [6.45, 7) is -0.269. The van der Waals surface area contributed by atoms with Crippen LogP contribution in [0.4, 0.5) is 0 Å². The Kier molecular flexibility index (Phi) is 10.3. The van der Waals surface area contributed by atoms with Crippen LogP contribution >= 0.6 is 35.1 Å². The molecule has 0 aliphatic rings. The number of carboxylic acids is 2. The fraction of sp³-hybridized carbons (Fsp3) is 0.667. The Morgan fingerprint density at radius 3 is 1.80 bits per heavy atom. The molecule has 6 nitrogen and oxygen atoms in total. The molecule has 9 heteroatoms. The van der Waals surface area contributed by atoms with Crippen LogP contribution in [-0.2, 0) is 13.9 Å². The summed E-state index contributed by atoms with van der Waals surface area (Å²) in [6.07, 6.45) is -0.153. The average Bonchev–Trinajstić information content (AvgIpc) is 2.17. The number of aliphatic carboxylic acids is 2. The van der Waals surface area contributed by atoms with Gasteiger partial charge in [0.2, 0.25) is 0 Å². The lowest BCUT2D eigenvalue weighted by molar-refractivity contribution is -0.146. The Morgan fingerprint density at radius 2 is 1.80 bits per heavy atom. The molecule has 0 radical (unpaired) electrons. The Bertz CT molecular complexity index is 205. The highest BCUT2D eigenvalue weighted by molar-refractivity contribution is 6.39. The monoisotopic (exact) mass is 282 g/mol. The number of carbonyl (C=O) groups is 2. The van der Waals surface area contributed by atoms with Crippen LogP contribution < -0.4 is 0 Å². The molecule has 0 aromatic carbocycles. The maximum absolute atomic E-state index is 10.1. The van der Waals surface area contributed by atoms with Crippen molar-refractivity contribution < 1.29 is 29.2 Å². The molecule has 0 aliphatic carbocycles. The fourth-order valence-electron chi connectivity index (χ4n) is 0.206. The third-order valence-corrected chi connectivity index (χ3v) is 2.17. The van der Waals surface area contributed by atoms with Gasteiger partial charge in [0.25, 0.3) is 5.06 Å². The van der Waals surface area contributed by atoms with E-state index in [9.17, 15) is 9.59 Å². The molecule has 0 aromatic heterocycles. The molecule has 1 unspecified atom stereocenters. The van der Waals surface area contributed by atoms with E-state index in [1.807, 2.05) is 0 Å². The van der Waals surface area contributed by atoms with E-state index >= 15 is 0 Å². The second-order valence-corrected chi connectivity index (χ2v) is 3.14. The van der Waals surface area contributed by atoms with Crippen molar-refractivity contribution in [3.63, 3.8) is 0 Å². The van der Waals surface area contributed by atoms with Crippen molar-refractivity contribution in [2.24, 2.45) is 0 Å². The standard InChI is InChI=1S/C3H3Cl3O3.C3H6O3/c4-1-3(5,9-6)2(7)8;4-2-1-3(5)6/h1H2,(H,7,8);4H,1-2H2,(H,5,6). The minimum Gasteiger partial charge on any atom is -0.481 e. The van der Waals surface area contributed by atoms with Crippen molar-refractivity contribution in [2.45, 2.75) is 11.5 Å². The van der Waals surface area contributed by atoms with Gasteiger partial charge in [0.15, 0.2) is 0 Å². The van der Waals surface area contributed by atoms with E-state index < -0.39 is 22.9 Å². The van der Waals surface area contributed by atoms with Gasteiger partial charge < -0.3 is 15.3 Å². The normalized spacial score (nSPS) is 13.3. The van der Waals surface area contributed by atoms with E-state index in [1.165, 1.54) is 0 Å². The SMILES string of the molecule is O=C(O)C(Cl)(CCl)OCl.O=C(O)CCO. The summed E-state index contributed by atoms with van der Waals surface area (Å²) in [5.41, 5.74) is 0. The summed E-state index contributed by atoms with van der Waals surface area (Å²) in [5, 5.41) is 21.8. The van der Waals surface area contributed by atoms with Crippen LogP contribution in [0.5, 0.6) is 0 Å². The highest BCUT2D eigenvalue weighted by Crippen LogP contribution is 2.20. The molecule has 90 valence electrons. The van der Waals surface area contributed by atoms with Gasteiger partial charge in [-0.3, -0.25) is 4.79 Å². The molecular formula is C6H9Cl3O6. The minimum absolute atomic E-state index is 0.153. The van der Waals surface area contributed by atoms with Gasteiger partial charge in [-0.2, -0.15) is 0 Å². The maximum atomic E-state index is 10.1. The number of aliphatic hydroxyl groups is 1. The first-order chi connectivity index (χ1) is 6.83. The van der Waals surface area contributed by atoms with Crippen LogP contribution in [0.2, 0.25) is 0 Å². The molecule has 0 amide bonds. The molecule has 0 fully saturated rings. The van der Waals surface area contributed by atoms with Crippen LogP contribution in [0.3, 0.4) is 0 Å². The smallest absolute Gasteiger partial charge is 0.354 e. The topological polar surface area (TPSA) is 104 Å². The molecule has 0 aliphatic heterocycles. The van der Waals surface area contributed by atoms with Crippen LogP contribution in [0.25, 0.3) is 0 Å². The third-order valence-electron chi connectivity index (χ3n) is 0.939. The van der Waals surface area contributed by atoms with Gasteiger partial charge in [0, 0.05) is 0 Å². The number of hydrogen-bond acceptors (Lipinski definition) is 4. The van der Waals surface area contributed by atoms with Crippen LogP contribution in [-0.4, -0.2) is 44.8 Å². The average molecular weight is 283 g/mol. The van der Waals surface area contributed by atoms with E-state index in [0.29, 0.717) is 0 Å². The van der Waals surface area contributed by atoms with Crippen molar-refractivity contribution in [2.75, 3.05) is 12.5 Å². The van der Waals surface area contributed by atoms with E-state index in [0.717, 1.165) is 0 Å². The number of hydrogen-bond donors (Lipinski definition) is 3. The lowest BCUT2D eigenvalue weighted by Crippen LogP contribution is -2.34. The Balaban J connectivity index is 0. The number of rotatable bonds is 5. The van der Waals surface area contributed by atoms with Gasteiger partial charge in [-0.15, -0.1) is 11.6 Å². The summed E-state index contributed by atoms with van der Waals surface area (Å²) in [6, 6.07) is 0. The van der Waals surface area contributed by atoms with Gasteiger partial charge >= 0.3 is 11.9 Å². The lowest BCUT2D eigenvalue weighted by atomic mass is 10.4. The molecule has 3 N–H and O–H groups in total. The van der Waals surface area contributed by atoms with Crippen LogP contribution in [0.1, 0.15) is 6.42 Å². The summed E-state index contributed by atoms with van der Waals surface area (Å²) < 4.78 is 3.85. The van der Waals surface area contributed by atoms with Crippen molar-refractivity contribution in [1.82, 2.24) is 0 Å². The molecule has 0 bridgehead atoms. The quantitative estimate of drug-likeness (QED) is 0.647. The molecule has 15 heavy (non-hydrogen) atoms. The van der Waals surface area contributed by atoms with Crippen LogP contribution in [0.15, 0.2) is 0 Å². The van der Waals surface area contributed by atoms with Gasteiger partial charge in [0.1, 0.15) is 0 Å². The molecule has 0 saturated heterocycles. The third kappa shape index (κ3) is 8.71. The first-order valence-corrected chi connectivity index (χ1v) is 4.66. The first kappa shape index (κ1) is 17.1. The van der Waals surface area contributed by atoms with Gasteiger partial charge in [-0.1, -0.05) is 11.6 Å². The van der Waals surface area contributed by atoms with Crippen molar-refractivity contribution in [1.29, 1.82) is 0 Å². The number of aliphatic hydroxyl groups excluding tert-OH is 1. The summed E-state index contributed by atoms with van der Waals surface area (Å²) in [5.74, 6) is -2.78. The maximum Gasteiger partial charge on any atom is 0.354 e. The highest BCUT2D eigenvalue weighted by atomic mass is 35.5. The zero-order valence-electron chi connectivity index (χ0n) is 7.32. The van der Waals surface area contributed by atoms with Gasteiger partial charge in [0.05, 0.1) is 30.8 Å². The first-order valence-electron chi connectivity index (χ1n) is 3.44. The predicted molar refractivity (Wildman–Crippen MR) is 53.2 cm³/mol. The van der Waals surface area contributed by atoms with Gasteiger partial charge in [-0.25, -0.2) is 9.08 Å². The Morgan fingerprint density at radius 1 is 1.33 bits per heavy atom. The zero-order chi connectivity index (χ0) is 12.5. The fourth-order valence-corrected chi connectivity index (χ4v) is 0.552. The second kappa shape index (κ2) is 8.99. The van der Waals surface area contributed by atoms with E-state index in [2.05, 4.69) is 4.29 Å². The highest BCUT2D eigenvalue weighted by Gasteiger charge is 2.36. The Labute approximate surface area is 100 Å². The number of carboxylic acid groups (broad SMARTS) is 2. The molecule has 0 saturated carbocycles. The number of alkyl halides is 2. The molecule has 0 aromatic rings. The zero-order valence-corrected chi connectivity index (χ0v) is 9.59. The minimum atomic E-state index is -2.00. The van der Waals surface area contributed by atoms with Crippen LogP contribution in [0, 0.1) is 0 Å². The van der Waals surface area contributed by atoms with Crippen molar-refractivity contribution >= 4 is 47.0 Å². The molecule has 1 atom stereocenters. The summed E-state index contributed by atoms with van der Waals surface area (Å²) in [7, 11) is 0. The Hall–Kier alpha value is -0.270. The molecule has 0 spiro atoms. The van der Waals surface area contributed by atoms with E-state index in [1.54, 1.807) is 0 Å².